The van der Waals surface area contributed by atoms with Gasteiger partial charge in [-0.1, -0.05) is 66.7 Å². The maximum absolute atomic E-state index is 4.58. The van der Waals surface area contributed by atoms with Crippen LogP contribution in [0.25, 0.3) is 32.8 Å². The number of hydrogen-bond donors (Lipinski definition) is 0. The molecule has 4 aromatic rings. The molecular weight excluding hydrogens is 242 g/mol. The van der Waals surface area contributed by atoms with Crippen LogP contribution in [0.1, 0.15) is 0 Å². The van der Waals surface area contributed by atoms with Crippen LogP contribution in [-0.4, -0.2) is 4.98 Å². The monoisotopic (exact) mass is 255 g/mol. The highest BCUT2D eigenvalue weighted by Gasteiger charge is 2.04. The maximum atomic E-state index is 4.58. The van der Waals surface area contributed by atoms with Gasteiger partial charge in [-0.25, -0.2) is 0 Å². The Balaban J connectivity index is 2.05. The second-order valence-electron chi connectivity index (χ2n) is 4.94. The van der Waals surface area contributed by atoms with Crippen molar-refractivity contribution in [1.82, 2.24) is 4.98 Å². The van der Waals surface area contributed by atoms with Crippen molar-refractivity contribution in [2.75, 3.05) is 0 Å². The van der Waals surface area contributed by atoms with Gasteiger partial charge in [-0.15, -0.1) is 0 Å². The first-order chi connectivity index (χ1) is 9.92. The van der Waals surface area contributed by atoms with Gasteiger partial charge in [0.2, 0.25) is 0 Å². The zero-order chi connectivity index (χ0) is 13.4. The summed E-state index contributed by atoms with van der Waals surface area (Å²) in [5.74, 6) is 0. The molecule has 1 heterocycles. The summed E-state index contributed by atoms with van der Waals surface area (Å²) in [4.78, 5) is 4.58. The van der Waals surface area contributed by atoms with Gasteiger partial charge < -0.3 is 0 Å². The van der Waals surface area contributed by atoms with E-state index in [-0.39, 0.29) is 0 Å². The molecule has 0 amide bonds. The van der Waals surface area contributed by atoms with Crippen molar-refractivity contribution in [3.05, 3.63) is 79.0 Å². The zero-order valence-electron chi connectivity index (χ0n) is 11.0. The number of fused-ring (bicyclic) bond motifs is 3. The van der Waals surface area contributed by atoms with Crippen LogP contribution < -0.4 is 0 Å². The van der Waals surface area contributed by atoms with Crippen LogP contribution in [0.3, 0.4) is 0 Å². The van der Waals surface area contributed by atoms with Gasteiger partial charge in [0, 0.05) is 17.1 Å². The first-order valence-electron chi connectivity index (χ1n) is 6.75. The number of benzene rings is 3. The van der Waals surface area contributed by atoms with Crippen molar-refractivity contribution in [3.63, 3.8) is 0 Å². The summed E-state index contributed by atoms with van der Waals surface area (Å²) in [6.45, 7) is 0. The van der Waals surface area contributed by atoms with E-state index in [0.29, 0.717) is 0 Å². The highest BCUT2D eigenvalue weighted by molar-refractivity contribution is 6.08. The minimum Gasteiger partial charge on any atom is -0.256 e. The average molecular weight is 255 g/mol. The van der Waals surface area contributed by atoms with Crippen LogP contribution in [-0.2, 0) is 0 Å². The Labute approximate surface area is 117 Å². The second-order valence-corrected chi connectivity index (χ2v) is 4.94. The highest BCUT2D eigenvalue weighted by Crippen LogP contribution is 2.28. The molecule has 20 heavy (non-hydrogen) atoms. The second kappa shape index (κ2) is 4.46. The third-order valence-corrected chi connectivity index (χ3v) is 3.70. The van der Waals surface area contributed by atoms with Crippen LogP contribution in [0.4, 0.5) is 0 Å². The van der Waals surface area contributed by atoms with E-state index in [4.69, 9.17) is 0 Å². The summed E-state index contributed by atoms with van der Waals surface area (Å²) in [6, 6.07) is 25.3. The first kappa shape index (κ1) is 11.2. The lowest BCUT2D eigenvalue weighted by Crippen LogP contribution is -1.85. The van der Waals surface area contributed by atoms with Crippen LogP contribution in [0, 0.1) is 0 Å². The minimum atomic E-state index is 1.02. The van der Waals surface area contributed by atoms with E-state index in [1.165, 1.54) is 21.5 Å². The molecule has 0 saturated heterocycles. The molecule has 94 valence electrons. The van der Waals surface area contributed by atoms with Gasteiger partial charge in [0.15, 0.2) is 0 Å². The number of aromatic nitrogens is 1. The number of nitrogens with zero attached hydrogens (tertiary/aromatic N) is 1. The Morgan fingerprint density at radius 1 is 0.600 bits per heavy atom. The smallest absolute Gasteiger partial charge is 0.0708 e. The Bertz CT molecular complexity index is 895. The summed E-state index contributed by atoms with van der Waals surface area (Å²) < 4.78 is 0. The Morgan fingerprint density at radius 3 is 2.25 bits per heavy atom. The summed E-state index contributed by atoms with van der Waals surface area (Å²) in [7, 11) is 0. The molecule has 0 aliphatic rings. The van der Waals surface area contributed by atoms with E-state index in [2.05, 4.69) is 59.6 Å². The molecule has 0 unspecified atom stereocenters. The Kier molecular flexibility index (Phi) is 2.49. The lowest BCUT2D eigenvalue weighted by Gasteiger charge is -2.06. The molecule has 1 nitrogen and oxygen atoms in total. The molecule has 0 atom stereocenters. The van der Waals surface area contributed by atoms with Crippen molar-refractivity contribution < 1.29 is 0 Å². The van der Waals surface area contributed by atoms with Gasteiger partial charge in [-0.3, -0.25) is 4.98 Å². The molecule has 1 aromatic heterocycles. The van der Waals surface area contributed by atoms with Crippen LogP contribution >= 0.6 is 0 Å². The van der Waals surface area contributed by atoms with Crippen molar-refractivity contribution in [3.8, 4) is 11.3 Å². The zero-order valence-corrected chi connectivity index (χ0v) is 11.0. The molecule has 1 heteroatoms. The molecule has 0 fully saturated rings. The molecule has 0 saturated carbocycles. The number of hydrogen-bond acceptors (Lipinski definition) is 1. The topological polar surface area (TPSA) is 12.9 Å². The predicted octanol–water partition coefficient (Wildman–Crippen LogP) is 5.06. The number of rotatable bonds is 1. The van der Waals surface area contributed by atoms with Crippen molar-refractivity contribution in [2.45, 2.75) is 0 Å². The minimum absolute atomic E-state index is 1.02. The fraction of sp³-hybridized carbons (Fsp3) is 0. The van der Waals surface area contributed by atoms with Crippen LogP contribution in [0.2, 0.25) is 0 Å². The van der Waals surface area contributed by atoms with E-state index in [1.807, 2.05) is 24.4 Å². The normalized spacial score (nSPS) is 11.0. The van der Waals surface area contributed by atoms with E-state index in [0.717, 1.165) is 11.3 Å². The third kappa shape index (κ3) is 1.76. The summed E-state index contributed by atoms with van der Waals surface area (Å²) in [5.41, 5.74) is 2.18. The van der Waals surface area contributed by atoms with Crippen LogP contribution in [0.5, 0.6) is 0 Å². The average Bonchev–Trinajstić information content (AvgIpc) is 2.55. The number of pyridine rings is 1. The van der Waals surface area contributed by atoms with Gasteiger partial charge in [-0.2, -0.15) is 0 Å². The predicted molar refractivity (Wildman–Crippen MR) is 84.7 cm³/mol. The largest absolute Gasteiger partial charge is 0.256 e. The third-order valence-electron chi connectivity index (χ3n) is 3.70. The SMILES string of the molecule is c1ccc(-c2cc3c(ccc4ccccc43)cn2)cc1. The van der Waals surface area contributed by atoms with Gasteiger partial charge in [0.25, 0.3) is 0 Å². The molecule has 0 aliphatic carbocycles. The van der Waals surface area contributed by atoms with E-state index in [1.54, 1.807) is 0 Å². The van der Waals surface area contributed by atoms with Crippen molar-refractivity contribution in [2.24, 2.45) is 0 Å². The van der Waals surface area contributed by atoms with Gasteiger partial charge in [0.05, 0.1) is 5.69 Å². The summed E-state index contributed by atoms with van der Waals surface area (Å²) in [6.07, 6.45) is 1.96. The first-order valence-corrected chi connectivity index (χ1v) is 6.75. The van der Waals surface area contributed by atoms with E-state index < -0.39 is 0 Å². The Morgan fingerprint density at radius 2 is 1.35 bits per heavy atom. The molecule has 0 radical (unpaired) electrons. The lowest BCUT2D eigenvalue weighted by molar-refractivity contribution is 1.36. The molecule has 0 N–H and O–H groups in total. The molecule has 4 rings (SSSR count). The fourth-order valence-corrected chi connectivity index (χ4v) is 2.67. The standard InChI is InChI=1S/C19H13N/c1-2-7-15(8-3-1)19-12-18-16(13-20-19)11-10-14-6-4-5-9-17(14)18/h1-13H. The summed E-state index contributed by atoms with van der Waals surface area (Å²) in [5, 5.41) is 5.00. The molecule has 0 spiro atoms. The van der Waals surface area contributed by atoms with E-state index >= 15 is 0 Å². The Hall–Kier alpha value is -2.67. The van der Waals surface area contributed by atoms with E-state index in [9.17, 15) is 0 Å². The lowest BCUT2D eigenvalue weighted by atomic mass is 10.0. The molecular formula is C19H13N. The molecule has 3 aromatic carbocycles. The van der Waals surface area contributed by atoms with Gasteiger partial charge in [-0.05, 0) is 22.2 Å². The van der Waals surface area contributed by atoms with Crippen molar-refractivity contribution in [1.29, 1.82) is 0 Å². The fourth-order valence-electron chi connectivity index (χ4n) is 2.67. The van der Waals surface area contributed by atoms with Gasteiger partial charge >= 0.3 is 0 Å². The molecule has 0 aliphatic heterocycles. The van der Waals surface area contributed by atoms with Gasteiger partial charge in [0.1, 0.15) is 0 Å². The maximum Gasteiger partial charge on any atom is 0.0708 e. The highest BCUT2D eigenvalue weighted by atomic mass is 14.7. The van der Waals surface area contributed by atoms with Crippen molar-refractivity contribution >= 4 is 21.5 Å². The quantitative estimate of drug-likeness (QED) is 0.433. The molecule has 0 bridgehead atoms. The summed E-state index contributed by atoms with van der Waals surface area (Å²) >= 11 is 0. The van der Waals surface area contributed by atoms with Crippen LogP contribution in [0.15, 0.2) is 79.0 Å².